The zero-order valence-corrected chi connectivity index (χ0v) is 21.7. The Morgan fingerprint density at radius 3 is 1.33 bits per heavy atom. The van der Waals surface area contributed by atoms with Crippen LogP contribution >= 0.6 is 23.2 Å². The number of aromatic carboxylic acids is 2. The molecular formula is C20H12Cl2N2Na2O4. The summed E-state index contributed by atoms with van der Waals surface area (Å²) in [6.07, 6.45) is 0. The molecule has 0 unspecified atom stereocenters. The topological polar surface area (TPSA) is 104 Å². The smallest absolute Gasteiger partial charge is 0.545 e. The van der Waals surface area contributed by atoms with Crippen LogP contribution in [0, 0.1) is 0 Å². The zero-order chi connectivity index (χ0) is 20.3. The minimum atomic E-state index is -1.48. The van der Waals surface area contributed by atoms with E-state index in [0.29, 0.717) is 21.4 Å². The second-order valence-electron chi connectivity index (χ2n) is 5.79. The van der Waals surface area contributed by atoms with Crippen LogP contribution in [0.4, 0.5) is 22.7 Å². The molecule has 0 aliphatic heterocycles. The average Bonchev–Trinajstić information content (AvgIpc) is 2.62. The van der Waals surface area contributed by atoms with Gasteiger partial charge in [0.2, 0.25) is 0 Å². The van der Waals surface area contributed by atoms with Crippen LogP contribution in [0.3, 0.4) is 0 Å². The molecule has 0 aromatic heterocycles. The number of carbonyl (C=O) groups is 2. The summed E-state index contributed by atoms with van der Waals surface area (Å²) in [5.74, 6) is -2.97. The molecule has 3 aromatic carbocycles. The third kappa shape index (κ3) is 6.90. The fourth-order valence-electron chi connectivity index (χ4n) is 2.59. The largest absolute Gasteiger partial charge is 1.00 e. The number of benzene rings is 3. The molecule has 3 rings (SSSR count). The van der Waals surface area contributed by atoms with Crippen LogP contribution < -0.4 is 80.0 Å². The number of rotatable bonds is 6. The summed E-state index contributed by atoms with van der Waals surface area (Å²) in [6.45, 7) is 0. The molecule has 2 N–H and O–H groups in total. The van der Waals surface area contributed by atoms with Crippen molar-refractivity contribution in [3.8, 4) is 0 Å². The second kappa shape index (κ2) is 12.0. The van der Waals surface area contributed by atoms with E-state index in [4.69, 9.17) is 23.2 Å². The summed E-state index contributed by atoms with van der Waals surface area (Å²) >= 11 is 11.9. The van der Waals surface area contributed by atoms with E-state index in [0.717, 1.165) is 12.1 Å². The van der Waals surface area contributed by atoms with E-state index in [2.05, 4.69) is 10.6 Å². The number of anilines is 4. The summed E-state index contributed by atoms with van der Waals surface area (Å²) in [7, 11) is 0. The van der Waals surface area contributed by atoms with E-state index < -0.39 is 11.9 Å². The summed E-state index contributed by atoms with van der Waals surface area (Å²) in [6, 6.07) is 15.4. The Bertz CT molecular complexity index is 995. The Morgan fingerprint density at radius 2 is 1.03 bits per heavy atom. The minimum absolute atomic E-state index is 0. The molecule has 0 radical (unpaired) electrons. The normalized spacial score (nSPS) is 9.67. The van der Waals surface area contributed by atoms with E-state index in [1.807, 2.05) is 0 Å². The van der Waals surface area contributed by atoms with Crippen molar-refractivity contribution in [2.45, 2.75) is 0 Å². The molecule has 3 aromatic rings. The maximum Gasteiger partial charge on any atom is 1.00 e. The fourth-order valence-corrected chi connectivity index (χ4v) is 2.97. The Balaban J connectivity index is 0.00000225. The number of halogens is 2. The van der Waals surface area contributed by atoms with Crippen LogP contribution in [-0.4, -0.2) is 11.9 Å². The van der Waals surface area contributed by atoms with Crippen molar-refractivity contribution >= 4 is 57.9 Å². The van der Waals surface area contributed by atoms with Crippen LogP contribution in [0.1, 0.15) is 20.7 Å². The van der Waals surface area contributed by atoms with Gasteiger partial charge in [-0.15, -0.1) is 0 Å². The fraction of sp³-hybridized carbons (Fsp3) is 0. The van der Waals surface area contributed by atoms with Crippen LogP contribution in [-0.2, 0) is 0 Å². The molecule has 0 heterocycles. The Kier molecular flexibility index (Phi) is 10.7. The Morgan fingerprint density at radius 1 is 0.667 bits per heavy atom. The van der Waals surface area contributed by atoms with Gasteiger partial charge in [0.1, 0.15) is 0 Å². The number of hydrogen-bond acceptors (Lipinski definition) is 6. The molecule has 10 heteroatoms. The third-order valence-electron chi connectivity index (χ3n) is 3.80. The van der Waals surface area contributed by atoms with E-state index in [-0.39, 0.29) is 81.6 Å². The molecule has 0 atom stereocenters. The number of carbonyl (C=O) groups excluding carboxylic acids is 2. The van der Waals surface area contributed by atoms with Crippen LogP contribution in [0.15, 0.2) is 60.7 Å². The average molecular weight is 461 g/mol. The standard InChI is InChI=1S/C20H14Cl2N2O4.2Na/c21-11-3-1-5-13(7-11)23-17-9-16(20(27)28)18(10-15(17)19(25)26)24-14-6-2-4-12(22)8-14;;/h1-10,23-24H,(H,25,26)(H,27,28);;/q;2*+1/p-2. The van der Waals surface area contributed by atoms with Gasteiger partial charge in [-0.2, -0.15) is 0 Å². The maximum absolute atomic E-state index is 11.6. The molecule has 0 bridgehead atoms. The number of carboxylic acids is 2. The van der Waals surface area contributed by atoms with E-state index in [9.17, 15) is 19.8 Å². The van der Waals surface area contributed by atoms with Gasteiger partial charge in [-0.05, 0) is 48.5 Å². The van der Waals surface area contributed by atoms with E-state index in [1.54, 1.807) is 48.5 Å². The Hall–Kier alpha value is -1.22. The van der Waals surface area contributed by atoms with Crippen LogP contribution in [0.2, 0.25) is 10.0 Å². The molecule has 0 aliphatic carbocycles. The summed E-state index contributed by atoms with van der Waals surface area (Å²) in [4.78, 5) is 23.3. The maximum atomic E-state index is 11.6. The van der Waals surface area contributed by atoms with Gasteiger partial charge in [-0.25, -0.2) is 0 Å². The first-order valence-electron chi connectivity index (χ1n) is 7.99. The predicted molar refractivity (Wildman–Crippen MR) is 105 cm³/mol. The number of carboxylic acid groups (broad SMARTS) is 2. The van der Waals surface area contributed by atoms with Crippen molar-refractivity contribution in [1.82, 2.24) is 0 Å². The van der Waals surface area contributed by atoms with Gasteiger partial charge < -0.3 is 30.4 Å². The van der Waals surface area contributed by atoms with Gasteiger partial charge in [0, 0.05) is 43.9 Å². The molecule has 142 valence electrons. The van der Waals surface area contributed by atoms with Crippen LogP contribution in [0.25, 0.3) is 0 Å². The third-order valence-corrected chi connectivity index (χ3v) is 4.27. The van der Waals surface area contributed by atoms with Gasteiger partial charge >= 0.3 is 59.1 Å². The van der Waals surface area contributed by atoms with Crippen molar-refractivity contribution in [1.29, 1.82) is 0 Å². The first-order chi connectivity index (χ1) is 13.3. The van der Waals surface area contributed by atoms with Gasteiger partial charge in [-0.3, -0.25) is 0 Å². The SMILES string of the molecule is O=C([O-])c1cc(Nc2cccc(Cl)c2)c(C(=O)[O-])cc1Nc1cccc(Cl)c1.[Na+].[Na+]. The molecule has 0 saturated carbocycles. The predicted octanol–water partition coefficient (Wildman–Crippen LogP) is -2.78. The minimum Gasteiger partial charge on any atom is -0.545 e. The van der Waals surface area contributed by atoms with Gasteiger partial charge in [0.25, 0.3) is 0 Å². The molecule has 0 spiro atoms. The number of nitrogens with one attached hydrogen (secondary N) is 2. The van der Waals surface area contributed by atoms with Crippen molar-refractivity contribution in [3.63, 3.8) is 0 Å². The molecule has 30 heavy (non-hydrogen) atoms. The van der Waals surface area contributed by atoms with Crippen molar-refractivity contribution in [2.24, 2.45) is 0 Å². The summed E-state index contributed by atoms with van der Waals surface area (Å²) in [5, 5.41) is 29.8. The molecule has 0 aliphatic rings. The van der Waals surface area contributed by atoms with Gasteiger partial charge in [0.05, 0.1) is 11.9 Å². The molecule has 6 nitrogen and oxygen atoms in total. The molecule has 0 amide bonds. The summed E-state index contributed by atoms with van der Waals surface area (Å²) < 4.78 is 0. The van der Waals surface area contributed by atoms with Crippen molar-refractivity contribution in [3.05, 3.63) is 81.8 Å². The zero-order valence-electron chi connectivity index (χ0n) is 16.2. The molecule has 0 fully saturated rings. The summed E-state index contributed by atoms with van der Waals surface area (Å²) in [5.41, 5.74) is 0.532. The van der Waals surface area contributed by atoms with Crippen molar-refractivity contribution < 1.29 is 78.9 Å². The second-order valence-corrected chi connectivity index (χ2v) is 6.66. The quantitative estimate of drug-likeness (QED) is 0.385. The van der Waals surface area contributed by atoms with E-state index in [1.165, 1.54) is 0 Å². The molecular weight excluding hydrogens is 449 g/mol. The Labute approximate surface area is 227 Å². The van der Waals surface area contributed by atoms with Gasteiger partial charge in [-0.1, -0.05) is 35.3 Å². The van der Waals surface area contributed by atoms with E-state index >= 15 is 0 Å². The van der Waals surface area contributed by atoms with Crippen molar-refractivity contribution in [2.75, 3.05) is 10.6 Å². The molecule has 0 saturated heterocycles. The number of hydrogen-bond donors (Lipinski definition) is 2. The van der Waals surface area contributed by atoms with Gasteiger partial charge in [0.15, 0.2) is 0 Å². The van der Waals surface area contributed by atoms with Crippen LogP contribution in [0.5, 0.6) is 0 Å². The monoisotopic (exact) mass is 460 g/mol. The first kappa shape index (κ1) is 26.8. The first-order valence-corrected chi connectivity index (χ1v) is 8.75.